The maximum atomic E-state index is 12.0. The number of nitrogens with one attached hydrogen (secondary N) is 2. The number of aromatic nitrogens is 1. The van der Waals surface area contributed by atoms with Crippen molar-refractivity contribution in [3.05, 3.63) is 17.5 Å². The molecule has 1 heterocycles. The number of hydrogen-bond donors (Lipinski definition) is 5. The van der Waals surface area contributed by atoms with Crippen LogP contribution in [0, 0.1) is 6.92 Å². The van der Waals surface area contributed by atoms with Crippen LogP contribution in [0.1, 0.15) is 16.2 Å². The molecule has 4 amide bonds. The standard InChI is InChI=1S/C11H15N5O5/c1-5-2-6(9(14-5)10(19)20)15-11(21)16(3-7(12)17)4-8(13)18/h2,14H,3-4H2,1H3,(H2,12,17)(H2,13,18)(H,15,21)(H,19,20). The van der Waals surface area contributed by atoms with Gasteiger partial charge in [-0.3, -0.25) is 9.59 Å². The molecule has 1 aromatic heterocycles. The second kappa shape index (κ2) is 6.41. The van der Waals surface area contributed by atoms with Gasteiger partial charge in [0.05, 0.1) is 5.69 Å². The number of aromatic carboxylic acids is 1. The van der Waals surface area contributed by atoms with E-state index in [0.29, 0.717) is 5.69 Å². The van der Waals surface area contributed by atoms with E-state index in [2.05, 4.69) is 10.3 Å². The lowest BCUT2D eigenvalue weighted by molar-refractivity contribution is -0.120. The summed E-state index contributed by atoms with van der Waals surface area (Å²) in [5.41, 5.74) is 10.2. The molecule has 0 aromatic carbocycles. The van der Waals surface area contributed by atoms with E-state index in [1.807, 2.05) is 0 Å². The number of carboxylic acids is 1. The van der Waals surface area contributed by atoms with Crippen LogP contribution < -0.4 is 16.8 Å². The molecule has 10 nitrogen and oxygen atoms in total. The SMILES string of the molecule is Cc1cc(NC(=O)N(CC(N)=O)CC(N)=O)c(C(=O)O)[nH]1. The van der Waals surface area contributed by atoms with E-state index in [-0.39, 0.29) is 11.4 Å². The molecule has 0 spiro atoms. The fraction of sp³-hybridized carbons (Fsp3) is 0.273. The third kappa shape index (κ3) is 4.53. The molecule has 1 aromatic rings. The number of nitrogens with two attached hydrogens (primary N) is 2. The van der Waals surface area contributed by atoms with Crippen LogP contribution in [0.3, 0.4) is 0 Å². The number of hydrogen-bond acceptors (Lipinski definition) is 4. The Hall–Kier alpha value is -3.04. The summed E-state index contributed by atoms with van der Waals surface area (Å²) >= 11 is 0. The van der Waals surface area contributed by atoms with Crippen molar-refractivity contribution in [3.8, 4) is 0 Å². The normalized spacial score (nSPS) is 9.95. The maximum Gasteiger partial charge on any atom is 0.354 e. The van der Waals surface area contributed by atoms with Gasteiger partial charge in [0.2, 0.25) is 11.8 Å². The third-order valence-electron chi connectivity index (χ3n) is 2.39. The minimum absolute atomic E-state index is 0.00365. The molecular weight excluding hydrogens is 282 g/mol. The number of urea groups is 1. The van der Waals surface area contributed by atoms with Gasteiger partial charge in [0.25, 0.3) is 0 Å². The summed E-state index contributed by atoms with van der Waals surface area (Å²) in [6.07, 6.45) is 0. The number of amides is 4. The van der Waals surface area contributed by atoms with Crippen molar-refractivity contribution in [1.29, 1.82) is 0 Å². The predicted octanol–water partition coefficient (Wildman–Crippen LogP) is -1.17. The molecule has 7 N–H and O–H groups in total. The van der Waals surface area contributed by atoms with Crippen molar-refractivity contribution >= 4 is 29.5 Å². The molecule has 0 aliphatic rings. The Bertz CT molecular complexity index is 578. The zero-order chi connectivity index (χ0) is 16.2. The molecule has 10 heteroatoms. The molecule has 0 aliphatic carbocycles. The van der Waals surface area contributed by atoms with E-state index in [0.717, 1.165) is 4.90 Å². The summed E-state index contributed by atoms with van der Waals surface area (Å²) in [5, 5.41) is 11.3. The summed E-state index contributed by atoms with van der Waals surface area (Å²) < 4.78 is 0. The molecule has 0 bridgehead atoms. The van der Waals surface area contributed by atoms with Crippen LogP contribution in [0.15, 0.2) is 6.07 Å². The van der Waals surface area contributed by atoms with Crippen molar-refractivity contribution in [1.82, 2.24) is 9.88 Å². The van der Waals surface area contributed by atoms with Gasteiger partial charge in [-0.05, 0) is 13.0 Å². The number of nitrogens with zero attached hydrogens (tertiary/aromatic N) is 1. The Balaban J connectivity index is 2.93. The molecule has 0 saturated carbocycles. The van der Waals surface area contributed by atoms with Crippen LogP contribution in [0.5, 0.6) is 0 Å². The first-order valence-corrected chi connectivity index (χ1v) is 5.76. The van der Waals surface area contributed by atoms with Gasteiger partial charge >= 0.3 is 12.0 Å². The maximum absolute atomic E-state index is 12.0. The fourth-order valence-corrected chi connectivity index (χ4v) is 1.63. The van der Waals surface area contributed by atoms with Gasteiger partial charge in [0, 0.05) is 5.69 Å². The number of carboxylic acid groups (broad SMARTS) is 1. The highest BCUT2D eigenvalue weighted by Crippen LogP contribution is 2.17. The number of aromatic amines is 1. The number of aryl methyl sites for hydroxylation is 1. The van der Waals surface area contributed by atoms with Gasteiger partial charge in [-0.2, -0.15) is 0 Å². The molecule has 21 heavy (non-hydrogen) atoms. The topological polar surface area (TPSA) is 172 Å². The lowest BCUT2D eigenvalue weighted by Gasteiger charge is -2.19. The van der Waals surface area contributed by atoms with Crippen molar-refractivity contribution < 1.29 is 24.3 Å². The van der Waals surface area contributed by atoms with Crippen molar-refractivity contribution in [2.75, 3.05) is 18.4 Å². The van der Waals surface area contributed by atoms with Crippen LogP contribution in [0.2, 0.25) is 0 Å². The van der Waals surface area contributed by atoms with Crippen LogP contribution >= 0.6 is 0 Å². The van der Waals surface area contributed by atoms with Crippen LogP contribution in [-0.2, 0) is 9.59 Å². The monoisotopic (exact) mass is 297 g/mol. The Morgan fingerprint density at radius 3 is 2.19 bits per heavy atom. The number of primary amides is 2. The third-order valence-corrected chi connectivity index (χ3v) is 2.39. The Labute approximate surface area is 119 Å². The Morgan fingerprint density at radius 1 is 1.24 bits per heavy atom. The molecule has 0 fully saturated rings. The van der Waals surface area contributed by atoms with E-state index in [4.69, 9.17) is 16.6 Å². The summed E-state index contributed by atoms with van der Waals surface area (Å²) in [4.78, 5) is 48.0. The molecule has 1 rings (SSSR count). The Morgan fingerprint density at radius 2 is 1.76 bits per heavy atom. The van der Waals surface area contributed by atoms with E-state index >= 15 is 0 Å². The first-order valence-electron chi connectivity index (χ1n) is 5.76. The quantitative estimate of drug-likeness (QED) is 0.444. The summed E-state index contributed by atoms with van der Waals surface area (Å²) in [6, 6.07) is 0.530. The molecule has 114 valence electrons. The zero-order valence-corrected chi connectivity index (χ0v) is 11.2. The Kier molecular flexibility index (Phi) is 4.89. The molecule has 0 saturated heterocycles. The second-order valence-corrected chi connectivity index (χ2v) is 4.27. The minimum Gasteiger partial charge on any atom is -0.477 e. The van der Waals surface area contributed by atoms with Crippen molar-refractivity contribution in [2.45, 2.75) is 6.92 Å². The number of anilines is 1. The summed E-state index contributed by atoms with van der Waals surface area (Å²) in [5.74, 6) is -2.94. The van der Waals surface area contributed by atoms with Gasteiger partial charge in [-0.15, -0.1) is 0 Å². The van der Waals surface area contributed by atoms with Crippen LogP contribution in [-0.4, -0.2) is 51.9 Å². The number of rotatable bonds is 6. The van der Waals surface area contributed by atoms with Gasteiger partial charge in [0.1, 0.15) is 18.8 Å². The number of carbonyl (C=O) groups excluding carboxylic acids is 3. The molecular formula is C11H15N5O5. The van der Waals surface area contributed by atoms with Gasteiger partial charge in [-0.25, -0.2) is 9.59 Å². The number of H-pyrrole nitrogens is 1. The lowest BCUT2D eigenvalue weighted by atomic mass is 10.3. The van der Waals surface area contributed by atoms with Crippen molar-refractivity contribution in [2.24, 2.45) is 11.5 Å². The second-order valence-electron chi connectivity index (χ2n) is 4.27. The van der Waals surface area contributed by atoms with E-state index in [1.54, 1.807) is 6.92 Å². The lowest BCUT2D eigenvalue weighted by Crippen LogP contribution is -2.45. The summed E-state index contributed by atoms with van der Waals surface area (Å²) in [7, 11) is 0. The first kappa shape index (κ1) is 16.0. The van der Waals surface area contributed by atoms with Crippen LogP contribution in [0.4, 0.5) is 10.5 Å². The van der Waals surface area contributed by atoms with Gasteiger partial charge in [0.15, 0.2) is 0 Å². The highest BCUT2D eigenvalue weighted by atomic mass is 16.4. The highest BCUT2D eigenvalue weighted by molar-refractivity contribution is 6.00. The van der Waals surface area contributed by atoms with Crippen molar-refractivity contribution in [3.63, 3.8) is 0 Å². The summed E-state index contributed by atoms with van der Waals surface area (Å²) in [6.45, 7) is 0.549. The first-order chi connectivity index (χ1) is 9.70. The fourth-order valence-electron chi connectivity index (χ4n) is 1.63. The van der Waals surface area contributed by atoms with Crippen LogP contribution in [0.25, 0.3) is 0 Å². The van der Waals surface area contributed by atoms with Gasteiger partial charge in [-0.1, -0.05) is 0 Å². The van der Waals surface area contributed by atoms with E-state index < -0.39 is 36.9 Å². The molecule has 0 atom stereocenters. The van der Waals surface area contributed by atoms with Gasteiger partial charge < -0.3 is 31.8 Å². The van der Waals surface area contributed by atoms with E-state index in [9.17, 15) is 19.2 Å². The average molecular weight is 297 g/mol. The average Bonchev–Trinajstić information content (AvgIpc) is 2.68. The van der Waals surface area contributed by atoms with E-state index in [1.165, 1.54) is 6.07 Å². The number of carbonyl (C=O) groups is 4. The molecule has 0 radical (unpaired) electrons. The zero-order valence-electron chi connectivity index (χ0n) is 11.2. The smallest absolute Gasteiger partial charge is 0.354 e. The minimum atomic E-state index is -1.27. The predicted molar refractivity (Wildman–Crippen MR) is 71.5 cm³/mol. The molecule has 0 aliphatic heterocycles. The molecule has 0 unspecified atom stereocenters. The highest BCUT2D eigenvalue weighted by Gasteiger charge is 2.21. The largest absolute Gasteiger partial charge is 0.477 e.